The van der Waals surface area contributed by atoms with Crippen molar-refractivity contribution >= 4 is 16.9 Å². The molecule has 2 aromatic carbocycles. The summed E-state index contributed by atoms with van der Waals surface area (Å²) < 4.78 is 13.8. The Labute approximate surface area is 158 Å². The zero-order chi connectivity index (χ0) is 19.4. The van der Waals surface area contributed by atoms with Crippen LogP contribution in [0.25, 0.3) is 10.9 Å². The Balaban J connectivity index is 1.62. The van der Waals surface area contributed by atoms with Crippen LogP contribution in [0.3, 0.4) is 0 Å². The van der Waals surface area contributed by atoms with E-state index in [1.807, 2.05) is 30.3 Å². The van der Waals surface area contributed by atoms with E-state index in [1.54, 1.807) is 26.1 Å². The van der Waals surface area contributed by atoms with Crippen molar-refractivity contribution in [2.45, 2.75) is 33.4 Å². The lowest BCUT2D eigenvalue weighted by molar-refractivity contribution is -0.146. The van der Waals surface area contributed by atoms with Gasteiger partial charge in [-0.25, -0.2) is 4.39 Å². The molecule has 140 valence electrons. The molecule has 1 heterocycles. The molecule has 0 bridgehead atoms. The topological polar surface area (TPSA) is 62.2 Å². The van der Waals surface area contributed by atoms with Crippen molar-refractivity contribution in [1.82, 2.24) is 10.3 Å². The second kappa shape index (κ2) is 7.84. The molecule has 0 unspecified atom stereocenters. The van der Waals surface area contributed by atoms with E-state index in [4.69, 9.17) is 0 Å². The van der Waals surface area contributed by atoms with Gasteiger partial charge < -0.3 is 10.4 Å². The van der Waals surface area contributed by atoms with Crippen LogP contribution in [0, 0.1) is 11.2 Å². The van der Waals surface area contributed by atoms with Crippen LogP contribution in [-0.2, 0) is 24.3 Å². The third kappa shape index (κ3) is 4.68. The van der Waals surface area contributed by atoms with Gasteiger partial charge >= 0.3 is 5.97 Å². The van der Waals surface area contributed by atoms with Gasteiger partial charge in [0.1, 0.15) is 5.82 Å². The summed E-state index contributed by atoms with van der Waals surface area (Å²) in [6.07, 6.45) is 2.19. The highest BCUT2D eigenvalue weighted by Gasteiger charge is 2.27. The quantitative estimate of drug-likeness (QED) is 0.654. The second-order valence-electron chi connectivity index (χ2n) is 7.43. The molecule has 3 rings (SSSR count). The molecule has 0 fully saturated rings. The van der Waals surface area contributed by atoms with Gasteiger partial charge in [0, 0.05) is 24.7 Å². The second-order valence-corrected chi connectivity index (χ2v) is 7.43. The van der Waals surface area contributed by atoms with Crippen LogP contribution in [0.15, 0.2) is 54.7 Å². The summed E-state index contributed by atoms with van der Waals surface area (Å²) in [5.41, 5.74) is 2.92. The highest BCUT2D eigenvalue weighted by molar-refractivity contribution is 5.81. The van der Waals surface area contributed by atoms with E-state index >= 15 is 0 Å². The number of carboxylic acids is 1. The molecule has 0 aliphatic rings. The SMILES string of the molecule is CC(C)(Cc1ccc(CNCc2cc(F)cc3cccnc23)cc1)C(=O)O. The summed E-state index contributed by atoms with van der Waals surface area (Å²) >= 11 is 0. The maximum absolute atomic E-state index is 13.8. The molecule has 0 saturated carbocycles. The summed E-state index contributed by atoms with van der Waals surface area (Å²) in [5, 5.41) is 13.3. The summed E-state index contributed by atoms with van der Waals surface area (Å²) in [6, 6.07) is 14.5. The third-order valence-corrected chi connectivity index (χ3v) is 4.64. The number of nitrogens with one attached hydrogen (secondary N) is 1. The van der Waals surface area contributed by atoms with Gasteiger partial charge in [-0.3, -0.25) is 9.78 Å². The lowest BCUT2D eigenvalue weighted by Crippen LogP contribution is -2.26. The number of halogens is 1. The Hall–Kier alpha value is -2.79. The van der Waals surface area contributed by atoms with E-state index in [1.165, 1.54) is 12.1 Å². The van der Waals surface area contributed by atoms with Crippen molar-refractivity contribution in [3.63, 3.8) is 0 Å². The van der Waals surface area contributed by atoms with Crippen LogP contribution in [0.2, 0.25) is 0 Å². The van der Waals surface area contributed by atoms with Gasteiger partial charge in [-0.1, -0.05) is 30.3 Å². The smallest absolute Gasteiger partial charge is 0.309 e. The first-order chi connectivity index (χ1) is 12.8. The number of carbonyl (C=O) groups is 1. The zero-order valence-electron chi connectivity index (χ0n) is 15.5. The number of hydrogen-bond acceptors (Lipinski definition) is 3. The molecular formula is C22H23FN2O2. The predicted octanol–water partition coefficient (Wildman–Crippen LogP) is 4.32. The highest BCUT2D eigenvalue weighted by Crippen LogP contribution is 2.22. The van der Waals surface area contributed by atoms with E-state index in [-0.39, 0.29) is 5.82 Å². The van der Waals surface area contributed by atoms with Crippen molar-refractivity contribution in [3.05, 3.63) is 77.2 Å². The van der Waals surface area contributed by atoms with Crippen molar-refractivity contribution in [2.75, 3.05) is 0 Å². The van der Waals surface area contributed by atoms with Gasteiger partial charge in [-0.05, 0) is 55.2 Å². The van der Waals surface area contributed by atoms with E-state index in [2.05, 4.69) is 10.3 Å². The Kier molecular flexibility index (Phi) is 5.51. The van der Waals surface area contributed by atoms with E-state index in [9.17, 15) is 14.3 Å². The predicted molar refractivity (Wildman–Crippen MR) is 104 cm³/mol. The first kappa shape index (κ1) is 19.0. The van der Waals surface area contributed by atoms with Crippen molar-refractivity contribution in [1.29, 1.82) is 0 Å². The monoisotopic (exact) mass is 366 g/mol. The van der Waals surface area contributed by atoms with Crippen molar-refractivity contribution in [3.8, 4) is 0 Å². The molecular weight excluding hydrogens is 343 g/mol. The number of nitrogens with zero attached hydrogens (tertiary/aromatic N) is 1. The van der Waals surface area contributed by atoms with Crippen LogP contribution in [-0.4, -0.2) is 16.1 Å². The fraction of sp³-hybridized carbons (Fsp3) is 0.273. The van der Waals surface area contributed by atoms with Crippen molar-refractivity contribution in [2.24, 2.45) is 5.41 Å². The standard InChI is InChI=1S/C22H23FN2O2/c1-22(2,21(26)27)12-15-5-7-16(8-6-15)13-24-14-18-11-19(23)10-17-4-3-9-25-20(17)18/h3-11,24H,12-14H2,1-2H3,(H,26,27). The molecule has 0 radical (unpaired) electrons. The van der Waals surface area contributed by atoms with Crippen LogP contribution < -0.4 is 5.32 Å². The van der Waals surface area contributed by atoms with E-state index in [0.29, 0.717) is 19.5 Å². The summed E-state index contributed by atoms with van der Waals surface area (Å²) in [5.74, 6) is -1.07. The number of rotatable bonds is 7. The largest absolute Gasteiger partial charge is 0.481 e. The molecule has 27 heavy (non-hydrogen) atoms. The Morgan fingerprint density at radius 1 is 1.11 bits per heavy atom. The number of hydrogen-bond donors (Lipinski definition) is 2. The summed E-state index contributed by atoms with van der Waals surface area (Å²) in [6.45, 7) is 4.59. The maximum atomic E-state index is 13.8. The normalized spacial score (nSPS) is 11.7. The summed E-state index contributed by atoms with van der Waals surface area (Å²) in [7, 11) is 0. The number of aliphatic carboxylic acids is 1. The number of carboxylic acid groups (broad SMARTS) is 1. The van der Waals surface area contributed by atoms with E-state index in [0.717, 1.165) is 27.6 Å². The minimum atomic E-state index is -0.802. The molecule has 5 heteroatoms. The van der Waals surface area contributed by atoms with Crippen LogP contribution in [0.1, 0.15) is 30.5 Å². The van der Waals surface area contributed by atoms with Gasteiger partial charge in [0.25, 0.3) is 0 Å². The summed E-state index contributed by atoms with van der Waals surface area (Å²) in [4.78, 5) is 15.6. The first-order valence-electron chi connectivity index (χ1n) is 8.90. The maximum Gasteiger partial charge on any atom is 0.309 e. The Morgan fingerprint density at radius 2 is 1.81 bits per heavy atom. The Bertz CT molecular complexity index is 952. The third-order valence-electron chi connectivity index (χ3n) is 4.64. The molecule has 0 atom stereocenters. The number of benzene rings is 2. The minimum Gasteiger partial charge on any atom is -0.481 e. The number of aromatic nitrogens is 1. The van der Waals surface area contributed by atoms with Crippen LogP contribution >= 0.6 is 0 Å². The van der Waals surface area contributed by atoms with Gasteiger partial charge in [0.15, 0.2) is 0 Å². The van der Waals surface area contributed by atoms with E-state index < -0.39 is 11.4 Å². The lowest BCUT2D eigenvalue weighted by Gasteiger charge is -2.19. The van der Waals surface area contributed by atoms with Gasteiger partial charge in [0.05, 0.1) is 10.9 Å². The fourth-order valence-electron chi connectivity index (χ4n) is 3.06. The van der Waals surface area contributed by atoms with Crippen LogP contribution in [0.5, 0.6) is 0 Å². The molecule has 2 N–H and O–H groups in total. The first-order valence-corrected chi connectivity index (χ1v) is 8.90. The molecule has 3 aromatic rings. The molecule has 1 aromatic heterocycles. The number of fused-ring (bicyclic) bond motifs is 1. The average Bonchev–Trinajstić information content (AvgIpc) is 2.62. The molecule has 0 aliphatic carbocycles. The molecule has 0 saturated heterocycles. The lowest BCUT2D eigenvalue weighted by atomic mass is 9.86. The van der Waals surface area contributed by atoms with Crippen molar-refractivity contribution < 1.29 is 14.3 Å². The minimum absolute atomic E-state index is 0.266. The van der Waals surface area contributed by atoms with Crippen LogP contribution in [0.4, 0.5) is 4.39 Å². The fourth-order valence-corrected chi connectivity index (χ4v) is 3.06. The molecule has 0 spiro atoms. The van der Waals surface area contributed by atoms with Gasteiger partial charge in [0.2, 0.25) is 0 Å². The molecule has 0 aliphatic heterocycles. The molecule has 0 amide bonds. The molecule has 4 nitrogen and oxygen atoms in total. The van der Waals surface area contributed by atoms with Gasteiger partial charge in [-0.15, -0.1) is 0 Å². The Morgan fingerprint density at radius 3 is 2.52 bits per heavy atom. The highest BCUT2D eigenvalue weighted by atomic mass is 19.1. The zero-order valence-corrected chi connectivity index (χ0v) is 15.5. The average molecular weight is 366 g/mol. The van der Waals surface area contributed by atoms with Gasteiger partial charge in [-0.2, -0.15) is 0 Å². The number of pyridine rings is 1.